The first kappa shape index (κ1) is 15.9. The number of carbonyl (C=O) groups excluding carboxylic acids is 2. The molecule has 0 spiro atoms. The second-order valence-corrected chi connectivity index (χ2v) is 6.30. The Bertz CT molecular complexity index is 635. The van der Waals surface area contributed by atoms with E-state index in [1.165, 1.54) is 6.07 Å². The highest BCUT2D eigenvalue weighted by atomic mass is 19.2. The number of rotatable bonds is 3. The normalized spacial score (nSPS) is 24.0. The number of amides is 2. The van der Waals surface area contributed by atoms with Gasteiger partial charge in [-0.2, -0.15) is 0 Å². The van der Waals surface area contributed by atoms with Crippen molar-refractivity contribution in [2.45, 2.75) is 44.7 Å². The van der Waals surface area contributed by atoms with Gasteiger partial charge in [-0.05, 0) is 43.9 Å². The van der Waals surface area contributed by atoms with Gasteiger partial charge < -0.3 is 9.80 Å². The number of halogens is 2. The maximum atomic E-state index is 13.2. The fourth-order valence-electron chi connectivity index (χ4n) is 3.48. The third kappa shape index (κ3) is 3.07. The molecule has 1 aromatic carbocycles. The number of carbonyl (C=O) groups is 2. The van der Waals surface area contributed by atoms with Crippen molar-refractivity contribution in [3.8, 4) is 0 Å². The molecule has 2 heterocycles. The minimum absolute atomic E-state index is 0.0138. The molecule has 6 heteroatoms. The van der Waals surface area contributed by atoms with E-state index in [4.69, 9.17) is 0 Å². The Labute approximate surface area is 134 Å². The van der Waals surface area contributed by atoms with Crippen LogP contribution in [0.25, 0.3) is 0 Å². The molecule has 2 saturated heterocycles. The average Bonchev–Trinajstić information content (AvgIpc) is 3.00. The second kappa shape index (κ2) is 6.26. The zero-order valence-corrected chi connectivity index (χ0v) is 13.1. The van der Waals surface area contributed by atoms with E-state index in [-0.39, 0.29) is 24.3 Å². The van der Waals surface area contributed by atoms with Crippen LogP contribution >= 0.6 is 0 Å². The lowest BCUT2D eigenvalue weighted by atomic mass is 10.0. The number of piperazine rings is 1. The van der Waals surface area contributed by atoms with Gasteiger partial charge in [0.05, 0.1) is 0 Å². The lowest BCUT2D eigenvalue weighted by Gasteiger charge is -2.41. The molecule has 3 rings (SSSR count). The summed E-state index contributed by atoms with van der Waals surface area (Å²) in [7, 11) is 0. The summed E-state index contributed by atoms with van der Waals surface area (Å²) in [6.07, 6.45) is 2.45. The first-order valence-corrected chi connectivity index (χ1v) is 8.01. The van der Waals surface area contributed by atoms with E-state index in [1.807, 2.05) is 4.90 Å². The highest BCUT2D eigenvalue weighted by Crippen LogP contribution is 2.26. The highest BCUT2D eigenvalue weighted by Gasteiger charge is 2.41. The summed E-state index contributed by atoms with van der Waals surface area (Å²) in [5.41, 5.74) is 0.579. The van der Waals surface area contributed by atoms with Gasteiger partial charge in [-0.15, -0.1) is 0 Å². The zero-order valence-electron chi connectivity index (χ0n) is 13.1. The molecule has 2 atom stereocenters. The molecule has 0 bridgehead atoms. The molecule has 0 aliphatic carbocycles. The van der Waals surface area contributed by atoms with Crippen LogP contribution in [0.3, 0.4) is 0 Å². The first-order valence-electron chi connectivity index (χ1n) is 8.01. The lowest BCUT2D eigenvalue weighted by Crippen LogP contribution is -2.60. The molecule has 23 heavy (non-hydrogen) atoms. The minimum Gasteiger partial charge on any atom is -0.336 e. The Morgan fingerprint density at radius 3 is 2.83 bits per heavy atom. The Hall–Kier alpha value is -1.98. The number of fused-ring (bicyclic) bond motifs is 1. The topological polar surface area (TPSA) is 40.6 Å². The Kier molecular flexibility index (Phi) is 4.33. The van der Waals surface area contributed by atoms with E-state index >= 15 is 0 Å². The van der Waals surface area contributed by atoms with Gasteiger partial charge >= 0.3 is 0 Å². The molecular formula is C17H20F2N2O2. The molecule has 124 valence electrons. The van der Waals surface area contributed by atoms with Crippen molar-refractivity contribution < 1.29 is 18.4 Å². The van der Waals surface area contributed by atoms with Gasteiger partial charge in [0, 0.05) is 25.6 Å². The van der Waals surface area contributed by atoms with Crippen molar-refractivity contribution in [1.82, 2.24) is 9.80 Å². The van der Waals surface area contributed by atoms with Crippen molar-refractivity contribution in [2.75, 3.05) is 13.1 Å². The van der Waals surface area contributed by atoms with Crippen molar-refractivity contribution in [3.05, 3.63) is 35.4 Å². The first-order chi connectivity index (χ1) is 11.0. The van der Waals surface area contributed by atoms with Gasteiger partial charge in [0.1, 0.15) is 6.04 Å². The lowest BCUT2D eigenvalue weighted by molar-refractivity contribution is -0.152. The number of nitrogens with zero attached hydrogens (tertiary/aromatic N) is 2. The average molecular weight is 322 g/mol. The van der Waals surface area contributed by atoms with Gasteiger partial charge in [-0.25, -0.2) is 8.78 Å². The minimum atomic E-state index is -0.905. The van der Waals surface area contributed by atoms with Gasteiger partial charge in [-0.1, -0.05) is 6.07 Å². The van der Waals surface area contributed by atoms with Gasteiger partial charge in [-0.3, -0.25) is 9.59 Å². The van der Waals surface area contributed by atoms with Crippen LogP contribution in [0.4, 0.5) is 8.78 Å². The molecule has 2 fully saturated rings. The SMILES string of the molecule is C[C@H]1C(=O)N2CCC[C@H]2CN1C(=O)CCc1ccc(F)c(F)c1. The van der Waals surface area contributed by atoms with Crippen LogP contribution in [0, 0.1) is 11.6 Å². The second-order valence-electron chi connectivity index (χ2n) is 6.30. The molecule has 2 aliphatic heterocycles. The molecule has 2 aliphatic rings. The number of aryl methyl sites for hydroxylation is 1. The van der Waals surface area contributed by atoms with E-state index in [9.17, 15) is 18.4 Å². The zero-order chi connectivity index (χ0) is 16.6. The summed E-state index contributed by atoms with van der Waals surface area (Å²) in [5.74, 6) is -1.89. The monoisotopic (exact) mass is 322 g/mol. The smallest absolute Gasteiger partial charge is 0.245 e. The summed E-state index contributed by atoms with van der Waals surface area (Å²) in [6, 6.07) is 3.35. The molecule has 0 aromatic heterocycles. The third-order valence-electron chi connectivity index (χ3n) is 4.82. The molecule has 1 aromatic rings. The maximum Gasteiger partial charge on any atom is 0.245 e. The Morgan fingerprint density at radius 2 is 2.09 bits per heavy atom. The molecule has 0 N–H and O–H groups in total. The van der Waals surface area contributed by atoms with Crippen LogP contribution in [-0.4, -0.2) is 46.8 Å². The molecular weight excluding hydrogens is 302 g/mol. The van der Waals surface area contributed by atoms with Crippen molar-refractivity contribution >= 4 is 11.8 Å². The van der Waals surface area contributed by atoms with Gasteiger partial charge in [0.2, 0.25) is 11.8 Å². The van der Waals surface area contributed by atoms with Crippen LogP contribution in [0.1, 0.15) is 31.7 Å². The van der Waals surface area contributed by atoms with E-state index in [0.717, 1.165) is 31.5 Å². The number of hydrogen-bond acceptors (Lipinski definition) is 2. The van der Waals surface area contributed by atoms with E-state index in [0.29, 0.717) is 18.5 Å². The standard InChI is InChI=1S/C17H20F2N2O2/c1-11-17(23)20-8-2-3-13(20)10-21(11)16(22)7-5-12-4-6-14(18)15(19)9-12/h4,6,9,11,13H,2-3,5,7-8,10H2,1H3/t11-,13-/m0/s1. The largest absolute Gasteiger partial charge is 0.336 e. The molecule has 0 saturated carbocycles. The van der Waals surface area contributed by atoms with E-state index in [2.05, 4.69) is 0 Å². The molecule has 2 amide bonds. The predicted molar refractivity (Wildman–Crippen MR) is 80.6 cm³/mol. The summed E-state index contributed by atoms with van der Waals surface area (Å²) in [5, 5.41) is 0. The van der Waals surface area contributed by atoms with Crippen LogP contribution in [0.15, 0.2) is 18.2 Å². The van der Waals surface area contributed by atoms with Crippen LogP contribution in [-0.2, 0) is 16.0 Å². The van der Waals surface area contributed by atoms with E-state index in [1.54, 1.807) is 11.8 Å². The Balaban J connectivity index is 1.63. The summed E-state index contributed by atoms with van der Waals surface area (Å²) in [4.78, 5) is 28.3. The molecule has 4 nitrogen and oxygen atoms in total. The van der Waals surface area contributed by atoms with Gasteiger partial charge in [0.25, 0.3) is 0 Å². The Morgan fingerprint density at radius 1 is 1.30 bits per heavy atom. The number of hydrogen-bond donors (Lipinski definition) is 0. The number of benzene rings is 1. The summed E-state index contributed by atoms with van der Waals surface area (Å²) in [6.45, 7) is 3.11. The fourth-order valence-corrected chi connectivity index (χ4v) is 3.48. The van der Waals surface area contributed by atoms with Crippen LogP contribution < -0.4 is 0 Å². The van der Waals surface area contributed by atoms with Crippen molar-refractivity contribution in [3.63, 3.8) is 0 Å². The molecule has 0 radical (unpaired) electrons. The van der Waals surface area contributed by atoms with Crippen molar-refractivity contribution in [2.24, 2.45) is 0 Å². The highest BCUT2D eigenvalue weighted by molar-refractivity contribution is 5.89. The fraction of sp³-hybridized carbons (Fsp3) is 0.529. The van der Waals surface area contributed by atoms with E-state index < -0.39 is 17.7 Å². The van der Waals surface area contributed by atoms with Gasteiger partial charge in [0.15, 0.2) is 11.6 Å². The predicted octanol–water partition coefficient (Wildman–Crippen LogP) is 2.12. The third-order valence-corrected chi connectivity index (χ3v) is 4.82. The maximum absolute atomic E-state index is 13.2. The summed E-state index contributed by atoms with van der Waals surface area (Å²) < 4.78 is 26.1. The van der Waals surface area contributed by atoms with Crippen molar-refractivity contribution in [1.29, 1.82) is 0 Å². The summed E-state index contributed by atoms with van der Waals surface area (Å²) >= 11 is 0. The van der Waals surface area contributed by atoms with Crippen LogP contribution in [0.2, 0.25) is 0 Å². The van der Waals surface area contributed by atoms with Crippen LogP contribution in [0.5, 0.6) is 0 Å². The quantitative estimate of drug-likeness (QED) is 0.855. The molecule has 0 unspecified atom stereocenters.